The smallest absolute Gasteiger partial charge is 0.315 e. The lowest BCUT2D eigenvalue weighted by Gasteiger charge is -2.29. The summed E-state index contributed by atoms with van der Waals surface area (Å²) in [7, 11) is -2.15. The first-order chi connectivity index (χ1) is 11.2. The van der Waals surface area contributed by atoms with Crippen LogP contribution in [0.3, 0.4) is 0 Å². The number of rotatable bonds is 9. The fourth-order valence-corrected chi connectivity index (χ4v) is 3.12. The summed E-state index contributed by atoms with van der Waals surface area (Å²) < 4.78 is 24.3. The molecule has 1 aromatic carbocycles. The number of nitrogens with zero attached hydrogens (tertiary/aromatic N) is 1. The van der Waals surface area contributed by atoms with Crippen molar-refractivity contribution < 1.29 is 23.1 Å². The van der Waals surface area contributed by atoms with Gasteiger partial charge in [0.15, 0.2) is 0 Å². The van der Waals surface area contributed by atoms with E-state index in [1.165, 1.54) is 14.0 Å². The van der Waals surface area contributed by atoms with Crippen molar-refractivity contribution in [1.29, 1.82) is 0 Å². The lowest BCUT2D eigenvalue weighted by molar-refractivity contribution is -0.144. The van der Waals surface area contributed by atoms with Crippen molar-refractivity contribution in [2.24, 2.45) is 0 Å². The first-order valence-corrected chi connectivity index (χ1v) is 9.30. The zero-order valence-electron chi connectivity index (χ0n) is 14.2. The van der Waals surface area contributed by atoms with Crippen LogP contribution in [0.2, 0.25) is 0 Å². The number of carbonyl (C=O) groups is 2. The third-order valence-corrected chi connectivity index (χ3v) is 5.94. The van der Waals surface area contributed by atoms with Crippen LogP contribution in [0.4, 0.5) is 0 Å². The van der Waals surface area contributed by atoms with Crippen LogP contribution in [0.1, 0.15) is 25.8 Å². The van der Waals surface area contributed by atoms with Gasteiger partial charge in [-0.2, -0.15) is 4.31 Å². The molecule has 0 spiro atoms. The van der Waals surface area contributed by atoms with Gasteiger partial charge in [0.1, 0.15) is 5.41 Å². The minimum atomic E-state index is -3.46. The molecule has 0 aliphatic rings. The molecule has 1 amide bonds. The van der Waals surface area contributed by atoms with Crippen LogP contribution >= 0.6 is 0 Å². The number of hydrogen-bond donors (Lipinski definition) is 2. The summed E-state index contributed by atoms with van der Waals surface area (Å²) >= 11 is 0. The molecule has 1 rings (SSSR count). The van der Waals surface area contributed by atoms with E-state index in [2.05, 4.69) is 5.32 Å². The van der Waals surface area contributed by atoms with Gasteiger partial charge in [0.25, 0.3) is 0 Å². The molecule has 1 unspecified atom stereocenters. The van der Waals surface area contributed by atoms with Crippen LogP contribution in [0.25, 0.3) is 0 Å². The number of amides is 1. The van der Waals surface area contributed by atoms with Crippen LogP contribution in [0.5, 0.6) is 0 Å². The van der Waals surface area contributed by atoms with Crippen molar-refractivity contribution in [1.82, 2.24) is 9.62 Å². The van der Waals surface area contributed by atoms with Gasteiger partial charge >= 0.3 is 5.97 Å². The van der Waals surface area contributed by atoms with Gasteiger partial charge in [-0.3, -0.25) is 9.59 Å². The van der Waals surface area contributed by atoms with E-state index in [9.17, 15) is 23.1 Å². The Labute approximate surface area is 142 Å². The van der Waals surface area contributed by atoms with Gasteiger partial charge in [-0.05, 0) is 18.9 Å². The van der Waals surface area contributed by atoms with Crippen molar-refractivity contribution in [3.8, 4) is 0 Å². The molecule has 0 saturated heterocycles. The summed E-state index contributed by atoms with van der Waals surface area (Å²) in [6, 6.07) is 8.68. The number of carboxylic acids is 1. The maximum atomic E-state index is 12.0. The summed E-state index contributed by atoms with van der Waals surface area (Å²) in [6.07, 6.45) is 0.287. The fraction of sp³-hybridized carbons (Fsp3) is 0.500. The highest BCUT2D eigenvalue weighted by Gasteiger charge is 2.39. The van der Waals surface area contributed by atoms with E-state index in [0.29, 0.717) is 5.56 Å². The second-order valence-electron chi connectivity index (χ2n) is 5.54. The topological polar surface area (TPSA) is 104 Å². The number of nitrogens with one attached hydrogen (secondary N) is 1. The molecule has 0 radical (unpaired) electrons. The summed E-state index contributed by atoms with van der Waals surface area (Å²) in [4.78, 5) is 23.9. The molecule has 0 aliphatic carbocycles. The van der Waals surface area contributed by atoms with E-state index in [4.69, 9.17) is 0 Å². The molecule has 0 aromatic heterocycles. The number of likely N-dealkylation sites (N-methyl/N-ethyl adjacent to an activating group) is 1. The monoisotopic (exact) mass is 356 g/mol. The predicted octanol–water partition coefficient (Wildman–Crippen LogP) is 0.817. The molecule has 1 atom stereocenters. The van der Waals surface area contributed by atoms with E-state index in [1.807, 2.05) is 0 Å². The first-order valence-electron chi connectivity index (χ1n) is 7.69. The zero-order chi connectivity index (χ0) is 18.4. The normalized spacial score (nSPS) is 14.2. The summed E-state index contributed by atoms with van der Waals surface area (Å²) in [5.41, 5.74) is -0.658. The Morgan fingerprint density at radius 3 is 2.25 bits per heavy atom. The molecular weight excluding hydrogens is 332 g/mol. The molecule has 0 fully saturated rings. The SMILES string of the molecule is CCC(CNC(=O)CN(C)S(=O)(=O)CC)(C(=O)O)c1ccccc1. The molecular formula is C16H24N2O5S. The number of carbonyl (C=O) groups excluding carboxylic acids is 1. The predicted molar refractivity (Wildman–Crippen MR) is 91.1 cm³/mol. The Bertz CT molecular complexity index is 675. The van der Waals surface area contributed by atoms with Crippen LogP contribution in [-0.2, 0) is 25.0 Å². The minimum Gasteiger partial charge on any atom is -0.481 e. The van der Waals surface area contributed by atoms with E-state index >= 15 is 0 Å². The maximum Gasteiger partial charge on any atom is 0.315 e. The lowest BCUT2D eigenvalue weighted by atomic mass is 9.78. The van der Waals surface area contributed by atoms with Gasteiger partial charge in [-0.1, -0.05) is 37.3 Å². The summed E-state index contributed by atoms with van der Waals surface area (Å²) in [5.74, 6) is -1.68. The van der Waals surface area contributed by atoms with Crippen LogP contribution in [0.15, 0.2) is 30.3 Å². The molecule has 24 heavy (non-hydrogen) atoms. The highest BCUT2D eigenvalue weighted by atomic mass is 32.2. The minimum absolute atomic E-state index is 0.102. The van der Waals surface area contributed by atoms with E-state index < -0.39 is 27.3 Å². The second kappa shape index (κ2) is 8.25. The fourth-order valence-electron chi connectivity index (χ4n) is 2.37. The van der Waals surface area contributed by atoms with Crippen LogP contribution in [-0.4, -0.2) is 55.6 Å². The van der Waals surface area contributed by atoms with Crippen molar-refractivity contribution >= 4 is 21.9 Å². The number of hydrogen-bond acceptors (Lipinski definition) is 4. The quantitative estimate of drug-likeness (QED) is 0.682. The second-order valence-corrected chi connectivity index (χ2v) is 7.90. The molecule has 2 N–H and O–H groups in total. The van der Waals surface area contributed by atoms with E-state index in [0.717, 1.165) is 4.31 Å². The molecule has 0 bridgehead atoms. The first kappa shape index (κ1) is 20.1. The standard InChI is InChI=1S/C16H24N2O5S/c1-4-16(15(20)21,13-9-7-6-8-10-13)12-17-14(19)11-18(3)24(22,23)5-2/h6-10H,4-5,11-12H2,1-3H3,(H,17,19)(H,20,21). The molecule has 7 nitrogen and oxygen atoms in total. The number of sulfonamides is 1. The summed E-state index contributed by atoms with van der Waals surface area (Å²) in [5, 5.41) is 12.2. The van der Waals surface area contributed by atoms with Crippen LogP contribution in [0, 0.1) is 0 Å². The average molecular weight is 356 g/mol. The number of aliphatic carboxylic acids is 1. The molecule has 0 saturated carbocycles. The number of carboxylic acid groups (broad SMARTS) is 1. The Hall–Kier alpha value is -1.93. The van der Waals surface area contributed by atoms with Gasteiger partial charge in [0, 0.05) is 13.6 Å². The average Bonchev–Trinajstić information content (AvgIpc) is 2.56. The van der Waals surface area contributed by atoms with E-state index in [1.54, 1.807) is 37.3 Å². The third-order valence-electron chi connectivity index (χ3n) is 4.13. The van der Waals surface area contributed by atoms with Gasteiger partial charge in [0.05, 0.1) is 12.3 Å². The molecule has 0 heterocycles. The maximum absolute atomic E-state index is 12.0. The molecule has 134 valence electrons. The van der Waals surface area contributed by atoms with E-state index in [-0.39, 0.29) is 25.3 Å². The van der Waals surface area contributed by atoms with Crippen LogP contribution < -0.4 is 5.32 Å². The Balaban J connectivity index is 2.87. The van der Waals surface area contributed by atoms with Crippen molar-refractivity contribution in [3.05, 3.63) is 35.9 Å². The Morgan fingerprint density at radius 1 is 1.21 bits per heavy atom. The van der Waals surface area contributed by atoms with Crippen molar-refractivity contribution in [2.45, 2.75) is 25.7 Å². The molecule has 1 aromatic rings. The summed E-state index contributed by atoms with van der Waals surface area (Å²) in [6.45, 7) is 2.78. The Morgan fingerprint density at radius 2 is 1.79 bits per heavy atom. The molecule has 0 aliphatic heterocycles. The third kappa shape index (κ3) is 4.55. The van der Waals surface area contributed by atoms with Gasteiger partial charge < -0.3 is 10.4 Å². The molecule has 8 heteroatoms. The van der Waals surface area contributed by atoms with Crippen molar-refractivity contribution in [2.75, 3.05) is 25.9 Å². The highest BCUT2D eigenvalue weighted by molar-refractivity contribution is 7.89. The van der Waals surface area contributed by atoms with Gasteiger partial charge in [-0.15, -0.1) is 0 Å². The largest absolute Gasteiger partial charge is 0.481 e. The highest BCUT2D eigenvalue weighted by Crippen LogP contribution is 2.27. The van der Waals surface area contributed by atoms with Gasteiger partial charge in [-0.25, -0.2) is 8.42 Å². The number of benzene rings is 1. The lowest BCUT2D eigenvalue weighted by Crippen LogP contribution is -2.48. The zero-order valence-corrected chi connectivity index (χ0v) is 15.0. The van der Waals surface area contributed by atoms with Gasteiger partial charge in [0.2, 0.25) is 15.9 Å². The Kier molecular flexibility index (Phi) is 6.92. The van der Waals surface area contributed by atoms with Crippen molar-refractivity contribution in [3.63, 3.8) is 0 Å².